The minimum absolute atomic E-state index is 1.14. The largest absolute Gasteiger partial charge is 0.0853 e. The monoisotopic (exact) mass is 111 g/mol. The first-order valence-electron chi connectivity index (χ1n) is 3.05. The average Bonchev–Trinajstić information content (AvgIpc) is 1.61. The fourth-order valence-corrected chi connectivity index (χ4v) is 0.408. The van der Waals surface area contributed by atoms with E-state index < -0.39 is 0 Å². The molecule has 0 aliphatic carbocycles. The zero-order chi connectivity index (χ0) is 6.57. The van der Waals surface area contributed by atoms with Crippen LogP contribution in [0.5, 0.6) is 0 Å². The van der Waals surface area contributed by atoms with Gasteiger partial charge in [-0.15, -0.1) is 0 Å². The molecule has 8 heavy (non-hydrogen) atoms. The van der Waals surface area contributed by atoms with Crippen LogP contribution in [-0.2, 0) is 0 Å². The van der Waals surface area contributed by atoms with Gasteiger partial charge in [-0.05, 0) is 26.2 Å². The molecule has 0 aliphatic heterocycles. The van der Waals surface area contributed by atoms with Crippen molar-refractivity contribution in [2.75, 3.05) is 0 Å². The van der Waals surface area contributed by atoms with Crippen LogP contribution in [0.2, 0.25) is 0 Å². The minimum Gasteiger partial charge on any atom is -0.0853 e. The smallest absolute Gasteiger partial charge is 0.0265 e. The highest BCUT2D eigenvalue weighted by molar-refractivity contribution is 4.98. The summed E-state index contributed by atoms with van der Waals surface area (Å²) in [6.07, 6.45) is 3.39. The van der Waals surface area contributed by atoms with Crippen LogP contribution in [0.4, 0.5) is 0 Å². The van der Waals surface area contributed by atoms with E-state index in [0.29, 0.717) is 0 Å². The Labute approximate surface area is 52.6 Å². The topological polar surface area (TPSA) is 0 Å². The SMILES string of the molecule is C[C](C)CC=C(C)C. The molecule has 0 unspecified atom stereocenters. The van der Waals surface area contributed by atoms with Crippen LogP contribution in [-0.4, -0.2) is 0 Å². The fourth-order valence-electron chi connectivity index (χ4n) is 0.408. The Morgan fingerprint density at radius 2 is 1.62 bits per heavy atom. The van der Waals surface area contributed by atoms with Gasteiger partial charge in [-0.25, -0.2) is 0 Å². The van der Waals surface area contributed by atoms with Crippen molar-refractivity contribution in [2.45, 2.75) is 34.1 Å². The van der Waals surface area contributed by atoms with E-state index in [1.807, 2.05) is 0 Å². The highest BCUT2D eigenvalue weighted by Crippen LogP contribution is 2.04. The van der Waals surface area contributed by atoms with Crippen molar-refractivity contribution in [1.82, 2.24) is 0 Å². The summed E-state index contributed by atoms with van der Waals surface area (Å²) in [6.45, 7) is 8.56. The quantitative estimate of drug-likeness (QED) is 0.480. The fraction of sp³-hybridized carbons (Fsp3) is 0.625. The van der Waals surface area contributed by atoms with Crippen LogP contribution in [0.15, 0.2) is 11.6 Å². The van der Waals surface area contributed by atoms with Gasteiger partial charge in [0.15, 0.2) is 0 Å². The van der Waals surface area contributed by atoms with Gasteiger partial charge < -0.3 is 0 Å². The molecule has 0 bridgehead atoms. The lowest BCUT2D eigenvalue weighted by Gasteiger charge is -1.96. The lowest BCUT2D eigenvalue weighted by Crippen LogP contribution is -1.78. The number of rotatable bonds is 2. The molecule has 0 aliphatic rings. The molecule has 0 aromatic heterocycles. The normalized spacial score (nSPS) is 9.62. The maximum absolute atomic E-state index is 2.25. The molecule has 0 saturated carbocycles. The summed E-state index contributed by atoms with van der Waals surface area (Å²) >= 11 is 0. The maximum atomic E-state index is 2.25. The second kappa shape index (κ2) is 3.71. The molecule has 0 heterocycles. The van der Waals surface area contributed by atoms with Crippen molar-refractivity contribution in [1.29, 1.82) is 0 Å². The van der Waals surface area contributed by atoms with Crippen LogP contribution in [0.3, 0.4) is 0 Å². The van der Waals surface area contributed by atoms with Gasteiger partial charge in [-0.3, -0.25) is 0 Å². The van der Waals surface area contributed by atoms with Gasteiger partial charge in [0, 0.05) is 0 Å². The van der Waals surface area contributed by atoms with E-state index in [4.69, 9.17) is 0 Å². The Balaban J connectivity index is 3.29. The molecular weight excluding hydrogens is 96.1 g/mol. The first-order valence-corrected chi connectivity index (χ1v) is 3.05. The molecule has 0 aromatic carbocycles. The third-order valence-corrected chi connectivity index (χ3v) is 0.919. The van der Waals surface area contributed by atoms with Gasteiger partial charge in [-0.2, -0.15) is 0 Å². The molecule has 0 heteroatoms. The molecule has 0 amide bonds. The van der Waals surface area contributed by atoms with Crippen molar-refractivity contribution in [3.8, 4) is 0 Å². The molecule has 1 radical (unpaired) electrons. The molecule has 47 valence electrons. The average molecular weight is 111 g/mol. The van der Waals surface area contributed by atoms with Crippen molar-refractivity contribution in [3.05, 3.63) is 17.6 Å². The van der Waals surface area contributed by atoms with Crippen molar-refractivity contribution < 1.29 is 0 Å². The summed E-state index contributed by atoms with van der Waals surface area (Å²) in [6, 6.07) is 0. The molecule has 0 aromatic rings. The second-order valence-electron chi connectivity index (χ2n) is 2.69. The van der Waals surface area contributed by atoms with Crippen LogP contribution < -0.4 is 0 Å². The maximum Gasteiger partial charge on any atom is -0.0265 e. The van der Waals surface area contributed by atoms with Gasteiger partial charge >= 0.3 is 0 Å². The zero-order valence-corrected chi connectivity index (χ0v) is 6.28. The number of hydrogen-bond acceptors (Lipinski definition) is 0. The molecule has 0 rings (SSSR count). The highest BCUT2D eigenvalue weighted by Gasteiger charge is 1.87. The summed E-state index contributed by atoms with van der Waals surface area (Å²) in [5, 5.41) is 0. The summed E-state index contributed by atoms with van der Waals surface area (Å²) in [4.78, 5) is 0. The summed E-state index contributed by atoms with van der Waals surface area (Å²) in [7, 11) is 0. The Kier molecular flexibility index (Phi) is 3.59. The van der Waals surface area contributed by atoms with Crippen molar-refractivity contribution >= 4 is 0 Å². The minimum atomic E-state index is 1.14. The number of allylic oxidation sites excluding steroid dienone is 2. The zero-order valence-electron chi connectivity index (χ0n) is 6.28. The lowest BCUT2D eigenvalue weighted by atomic mass is 10.1. The molecular formula is C8H15. The molecule has 0 atom stereocenters. The third-order valence-electron chi connectivity index (χ3n) is 0.919. The van der Waals surface area contributed by atoms with E-state index in [1.165, 1.54) is 11.5 Å². The van der Waals surface area contributed by atoms with E-state index in [-0.39, 0.29) is 0 Å². The lowest BCUT2D eigenvalue weighted by molar-refractivity contribution is 0.981. The van der Waals surface area contributed by atoms with Crippen LogP contribution in [0.25, 0.3) is 0 Å². The Morgan fingerprint density at radius 1 is 1.12 bits per heavy atom. The molecule has 0 saturated heterocycles. The van der Waals surface area contributed by atoms with Gasteiger partial charge in [0.05, 0.1) is 0 Å². The predicted molar refractivity (Wildman–Crippen MR) is 38.6 cm³/mol. The van der Waals surface area contributed by atoms with Crippen LogP contribution in [0.1, 0.15) is 34.1 Å². The van der Waals surface area contributed by atoms with E-state index in [9.17, 15) is 0 Å². The van der Waals surface area contributed by atoms with Gasteiger partial charge in [0.1, 0.15) is 0 Å². The van der Waals surface area contributed by atoms with E-state index in [1.54, 1.807) is 0 Å². The van der Waals surface area contributed by atoms with Gasteiger partial charge in [0.25, 0.3) is 0 Å². The van der Waals surface area contributed by atoms with Crippen molar-refractivity contribution in [2.24, 2.45) is 0 Å². The summed E-state index contributed by atoms with van der Waals surface area (Å²) in [5.74, 6) is 1.48. The van der Waals surface area contributed by atoms with Gasteiger partial charge in [-0.1, -0.05) is 25.5 Å². The second-order valence-corrected chi connectivity index (χ2v) is 2.69. The Morgan fingerprint density at radius 3 is 1.75 bits per heavy atom. The van der Waals surface area contributed by atoms with Crippen LogP contribution >= 0.6 is 0 Å². The Bertz CT molecular complexity index is 74.0. The standard InChI is InChI=1S/C8H15/c1-7(2)5-6-8(3)4/h5H,6H2,1-4H3. The molecule has 0 N–H and O–H groups in total. The predicted octanol–water partition coefficient (Wildman–Crippen LogP) is 2.96. The summed E-state index contributed by atoms with van der Waals surface area (Å²) < 4.78 is 0. The van der Waals surface area contributed by atoms with E-state index in [2.05, 4.69) is 33.8 Å². The highest BCUT2D eigenvalue weighted by atomic mass is 13.9. The number of hydrogen-bond donors (Lipinski definition) is 0. The van der Waals surface area contributed by atoms with Crippen LogP contribution in [0, 0.1) is 5.92 Å². The molecule has 0 nitrogen and oxygen atoms in total. The van der Waals surface area contributed by atoms with Gasteiger partial charge in [0.2, 0.25) is 0 Å². The molecule has 0 fully saturated rings. The first-order chi connectivity index (χ1) is 3.63. The summed E-state index contributed by atoms with van der Waals surface area (Å²) in [5.41, 5.74) is 1.41. The Hall–Kier alpha value is -0.260. The van der Waals surface area contributed by atoms with E-state index >= 15 is 0 Å². The third kappa shape index (κ3) is 5.74. The molecule has 0 spiro atoms. The van der Waals surface area contributed by atoms with Crippen molar-refractivity contribution in [3.63, 3.8) is 0 Å². The van der Waals surface area contributed by atoms with E-state index in [0.717, 1.165) is 6.42 Å². The first kappa shape index (κ1) is 7.74.